The Kier molecular flexibility index (Phi) is 6.96. The summed E-state index contributed by atoms with van der Waals surface area (Å²) in [6.45, 7) is 5.37. The second-order valence-electron chi connectivity index (χ2n) is 5.18. The van der Waals surface area contributed by atoms with Gasteiger partial charge in [0.2, 0.25) is 0 Å². The van der Waals surface area contributed by atoms with Crippen LogP contribution in [0.5, 0.6) is 0 Å². The van der Waals surface area contributed by atoms with Crippen LogP contribution in [-0.2, 0) is 22.4 Å². The van der Waals surface area contributed by atoms with Crippen molar-refractivity contribution < 1.29 is 14.6 Å². The molecule has 1 saturated heterocycles. The molecule has 1 aliphatic rings. The highest BCUT2D eigenvalue weighted by molar-refractivity contribution is 7.10. The van der Waals surface area contributed by atoms with Crippen LogP contribution in [0.25, 0.3) is 0 Å². The van der Waals surface area contributed by atoms with Crippen molar-refractivity contribution in [2.75, 3.05) is 26.4 Å². The normalized spacial score (nSPS) is 20.4. The standard InChI is InChI=1S/C15H25NO3S/c1-2-12-5-7-20-15(12)9-16-8-13(17)10-18-11-14-4-3-6-19-14/h5,7,13-14,16-17H,2-4,6,8-11H2,1H3. The van der Waals surface area contributed by atoms with Gasteiger partial charge in [-0.3, -0.25) is 0 Å². The minimum Gasteiger partial charge on any atom is -0.389 e. The minimum absolute atomic E-state index is 0.230. The van der Waals surface area contributed by atoms with Crippen LogP contribution >= 0.6 is 11.3 Å². The van der Waals surface area contributed by atoms with E-state index in [4.69, 9.17) is 9.47 Å². The predicted molar refractivity (Wildman–Crippen MR) is 81.2 cm³/mol. The Morgan fingerprint density at radius 3 is 3.25 bits per heavy atom. The number of rotatable bonds is 9. The van der Waals surface area contributed by atoms with Gasteiger partial charge in [-0.25, -0.2) is 0 Å². The van der Waals surface area contributed by atoms with Crippen LogP contribution < -0.4 is 5.32 Å². The van der Waals surface area contributed by atoms with Crippen molar-refractivity contribution in [3.63, 3.8) is 0 Å². The molecular weight excluding hydrogens is 274 g/mol. The summed E-state index contributed by atoms with van der Waals surface area (Å²) in [4.78, 5) is 1.36. The van der Waals surface area contributed by atoms with Gasteiger partial charge in [0, 0.05) is 24.6 Å². The molecular formula is C15H25NO3S. The van der Waals surface area contributed by atoms with E-state index in [1.165, 1.54) is 10.4 Å². The van der Waals surface area contributed by atoms with Crippen LogP contribution in [0, 0.1) is 0 Å². The van der Waals surface area contributed by atoms with E-state index in [0.717, 1.165) is 32.4 Å². The topological polar surface area (TPSA) is 50.7 Å². The average Bonchev–Trinajstić information content (AvgIpc) is 3.09. The zero-order chi connectivity index (χ0) is 14.2. The molecule has 1 aromatic heterocycles. The lowest BCUT2D eigenvalue weighted by Crippen LogP contribution is -2.31. The molecule has 20 heavy (non-hydrogen) atoms. The SMILES string of the molecule is CCc1ccsc1CNCC(O)COCC1CCCO1. The first kappa shape index (κ1) is 15.9. The lowest BCUT2D eigenvalue weighted by Gasteiger charge is -2.14. The van der Waals surface area contributed by atoms with Crippen molar-refractivity contribution in [3.05, 3.63) is 21.9 Å². The van der Waals surface area contributed by atoms with E-state index in [-0.39, 0.29) is 6.10 Å². The minimum atomic E-state index is -0.457. The van der Waals surface area contributed by atoms with Gasteiger partial charge in [0.1, 0.15) is 0 Å². The number of aliphatic hydroxyl groups excluding tert-OH is 1. The van der Waals surface area contributed by atoms with Gasteiger partial charge >= 0.3 is 0 Å². The van der Waals surface area contributed by atoms with Gasteiger partial charge in [-0.1, -0.05) is 6.92 Å². The number of hydrogen-bond donors (Lipinski definition) is 2. The molecule has 2 N–H and O–H groups in total. The lowest BCUT2D eigenvalue weighted by molar-refractivity contribution is -0.0164. The maximum Gasteiger partial charge on any atom is 0.0897 e. The van der Waals surface area contributed by atoms with E-state index in [2.05, 4.69) is 23.7 Å². The third-order valence-corrected chi connectivity index (χ3v) is 4.49. The molecule has 0 bridgehead atoms. The van der Waals surface area contributed by atoms with Gasteiger partial charge in [-0.05, 0) is 36.3 Å². The van der Waals surface area contributed by atoms with Crippen molar-refractivity contribution in [1.82, 2.24) is 5.32 Å². The van der Waals surface area contributed by atoms with Crippen molar-refractivity contribution >= 4 is 11.3 Å². The van der Waals surface area contributed by atoms with Crippen LogP contribution in [0.15, 0.2) is 11.4 Å². The van der Waals surface area contributed by atoms with Gasteiger partial charge in [-0.15, -0.1) is 11.3 Å². The van der Waals surface area contributed by atoms with E-state index < -0.39 is 6.10 Å². The average molecular weight is 299 g/mol. The van der Waals surface area contributed by atoms with Gasteiger partial charge in [0.25, 0.3) is 0 Å². The van der Waals surface area contributed by atoms with Crippen LogP contribution in [-0.4, -0.2) is 43.7 Å². The Morgan fingerprint density at radius 1 is 1.60 bits per heavy atom. The largest absolute Gasteiger partial charge is 0.389 e. The van der Waals surface area contributed by atoms with Crippen LogP contribution in [0.2, 0.25) is 0 Å². The van der Waals surface area contributed by atoms with E-state index >= 15 is 0 Å². The third kappa shape index (κ3) is 5.14. The molecule has 4 nitrogen and oxygen atoms in total. The fourth-order valence-electron chi connectivity index (χ4n) is 2.36. The molecule has 1 fully saturated rings. The molecule has 0 radical (unpaired) electrons. The predicted octanol–water partition coefficient (Wildman–Crippen LogP) is 1.96. The van der Waals surface area contributed by atoms with Crippen LogP contribution in [0.3, 0.4) is 0 Å². The first-order chi connectivity index (χ1) is 9.79. The van der Waals surface area contributed by atoms with Crippen molar-refractivity contribution in [2.24, 2.45) is 0 Å². The Bertz CT molecular complexity index is 377. The number of ether oxygens (including phenoxy) is 2. The van der Waals surface area contributed by atoms with Crippen molar-refractivity contribution in [2.45, 2.75) is 44.9 Å². The number of aryl methyl sites for hydroxylation is 1. The summed E-state index contributed by atoms with van der Waals surface area (Å²) >= 11 is 1.77. The highest BCUT2D eigenvalue weighted by atomic mass is 32.1. The van der Waals surface area contributed by atoms with E-state index in [1.54, 1.807) is 11.3 Å². The van der Waals surface area contributed by atoms with Crippen molar-refractivity contribution in [1.29, 1.82) is 0 Å². The fraction of sp³-hybridized carbons (Fsp3) is 0.733. The summed E-state index contributed by atoms with van der Waals surface area (Å²) in [7, 11) is 0. The summed E-state index contributed by atoms with van der Waals surface area (Å²) < 4.78 is 11.0. The third-order valence-electron chi connectivity index (χ3n) is 3.52. The van der Waals surface area contributed by atoms with Gasteiger partial charge < -0.3 is 19.9 Å². The Balaban J connectivity index is 1.54. The quantitative estimate of drug-likeness (QED) is 0.732. The molecule has 114 valence electrons. The highest BCUT2D eigenvalue weighted by Crippen LogP contribution is 2.16. The summed E-state index contributed by atoms with van der Waals surface area (Å²) in [6, 6.07) is 2.17. The van der Waals surface area contributed by atoms with Crippen LogP contribution in [0.1, 0.15) is 30.2 Å². The Hall–Kier alpha value is -0.460. The first-order valence-electron chi connectivity index (χ1n) is 7.43. The molecule has 2 rings (SSSR count). The van der Waals surface area contributed by atoms with E-state index in [9.17, 15) is 5.11 Å². The molecule has 0 spiro atoms. The summed E-state index contributed by atoms with van der Waals surface area (Å²) in [5.74, 6) is 0. The zero-order valence-electron chi connectivity index (χ0n) is 12.1. The highest BCUT2D eigenvalue weighted by Gasteiger charge is 2.16. The number of thiophene rings is 1. The van der Waals surface area contributed by atoms with E-state index in [1.807, 2.05) is 0 Å². The lowest BCUT2D eigenvalue weighted by atomic mass is 10.2. The molecule has 2 heterocycles. The molecule has 5 heteroatoms. The molecule has 0 aromatic carbocycles. The molecule has 2 unspecified atom stereocenters. The second kappa shape index (κ2) is 8.74. The monoisotopic (exact) mass is 299 g/mol. The second-order valence-corrected chi connectivity index (χ2v) is 6.18. The zero-order valence-corrected chi connectivity index (χ0v) is 13.0. The molecule has 0 saturated carbocycles. The summed E-state index contributed by atoms with van der Waals surface area (Å²) in [5, 5.41) is 15.3. The molecule has 1 aromatic rings. The molecule has 1 aliphatic heterocycles. The number of aliphatic hydroxyl groups is 1. The molecule has 0 amide bonds. The maximum atomic E-state index is 9.85. The Morgan fingerprint density at radius 2 is 2.50 bits per heavy atom. The van der Waals surface area contributed by atoms with Gasteiger partial charge in [0.15, 0.2) is 0 Å². The van der Waals surface area contributed by atoms with Crippen LogP contribution in [0.4, 0.5) is 0 Å². The van der Waals surface area contributed by atoms with E-state index in [0.29, 0.717) is 19.8 Å². The Labute approximate surface area is 125 Å². The summed E-state index contributed by atoms with van der Waals surface area (Å²) in [5.41, 5.74) is 1.40. The number of hydrogen-bond acceptors (Lipinski definition) is 5. The smallest absolute Gasteiger partial charge is 0.0897 e. The maximum absolute atomic E-state index is 9.85. The number of nitrogens with one attached hydrogen (secondary N) is 1. The first-order valence-corrected chi connectivity index (χ1v) is 8.31. The molecule has 2 atom stereocenters. The summed E-state index contributed by atoms with van der Waals surface area (Å²) in [6.07, 6.45) is 3.04. The van der Waals surface area contributed by atoms with Crippen molar-refractivity contribution in [3.8, 4) is 0 Å². The molecule has 0 aliphatic carbocycles. The van der Waals surface area contributed by atoms with Gasteiger partial charge in [-0.2, -0.15) is 0 Å². The fourth-order valence-corrected chi connectivity index (χ4v) is 3.31. The van der Waals surface area contributed by atoms with Gasteiger partial charge in [0.05, 0.1) is 25.4 Å².